The van der Waals surface area contributed by atoms with Crippen LogP contribution >= 0.6 is 11.3 Å². The molecule has 2 aromatic heterocycles. The van der Waals surface area contributed by atoms with Gasteiger partial charge in [-0.2, -0.15) is 5.10 Å². The summed E-state index contributed by atoms with van der Waals surface area (Å²) in [5, 5.41) is 21.6. The predicted molar refractivity (Wildman–Crippen MR) is 78.2 cm³/mol. The molecule has 0 fully saturated rings. The molecule has 0 aliphatic rings. The minimum absolute atomic E-state index is 0.128. The lowest BCUT2D eigenvalue weighted by Gasteiger charge is -2.02. The van der Waals surface area contributed by atoms with Crippen LogP contribution in [-0.4, -0.2) is 32.8 Å². The third-order valence-electron chi connectivity index (χ3n) is 2.98. The normalized spacial score (nSPS) is 10.7. The van der Waals surface area contributed by atoms with Crippen LogP contribution in [0, 0.1) is 6.92 Å². The van der Waals surface area contributed by atoms with E-state index in [9.17, 15) is 4.79 Å². The van der Waals surface area contributed by atoms with Crippen molar-refractivity contribution in [1.82, 2.24) is 15.2 Å². The average Bonchev–Trinajstić information content (AvgIpc) is 3.02. The maximum atomic E-state index is 10.5. The van der Waals surface area contributed by atoms with Gasteiger partial charge in [-0.25, -0.2) is 4.98 Å². The Kier molecular flexibility index (Phi) is 5.11. The Morgan fingerprint density at radius 1 is 1.50 bits per heavy atom. The molecule has 0 spiro atoms. The van der Waals surface area contributed by atoms with Crippen LogP contribution in [0.25, 0.3) is 0 Å². The lowest BCUT2D eigenvalue weighted by atomic mass is 10.1. The van der Waals surface area contributed by atoms with E-state index in [2.05, 4.69) is 20.5 Å². The number of carbonyl (C=O) groups is 1. The molecule has 0 saturated heterocycles. The van der Waals surface area contributed by atoms with Gasteiger partial charge in [-0.05, 0) is 25.3 Å². The number of carboxylic acid groups (broad SMARTS) is 1. The molecular formula is C13H18N4O2S. The first-order valence-electron chi connectivity index (χ1n) is 6.54. The molecule has 2 aromatic rings. The van der Waals surface area contributed by atoms with Crippen LogP contribution in [0.1, 0.15) is 29.8 Å². The van der Waals surface area contributed by atoms with Crippen LogP contribution in [-0.2, 0) is 17.6 Å². The monoisotopic (exact) mass is 294 g/mol. The molecule has 0 aromatic carbocycles. The number of carboxylic acids is 1. The minimum atomic E-state index is -0.789. The summed E-state index contributed by atoms with van der Waals surface area (Å²) in [5.74, 6) is -0.789. The summed E-state index contributed by atoms with van der Waals surface area (Å²) in [6.45, 7) is 2.86. The lowest BCUT2D eigenvalue weighted by molar-refractivity contribution is -0.136. The Balaban J connectivity index is 1.69. The number of aromatic nitrogens is 3. The molecule has 0 aliphatic heterocycles. The zero-order valence-corrected chi connectivity index (χ0v) is 12.2. The smallest absolute Gasteiger partial charge is 0.303 e. The number of anilines is 1. The van der Waals surface area contributed by atoms with Crippen LogP contribution in [0.2, 0.25) is 0 Å². The van der Waals surface area contributed by atoms with Gasteiger partial charge in [-0.15, -0.1) is 11.3 Å². The molecule has 0 aliphatic carbocycles. The first-order chi connectivity index (χ1) is 9.65. The predicted octanol–water partition coefficient (Wildman–Crippen LogP) is 2.24. The van der Waals surface area contributed by atoms with Crippen LogP contribution in [0.4, 0.5) is 5.13 Å². The molecule has 0 unspecified atom stereocenters. The van der Waals surface area contributed by atoms with Gasteiger partial charge in [-0.1, -0.05) is 0 Å². The van der Waals surface area contributed by atoms with Crippen molar-refractivity contribution >= 4 is 22.4 Å². The summed E-state index contributed by atoms with van der Waals surface area (Å²) < 4.78 is 0. The highest BCUT2D eigenvalue weighted by Crippen LogP contribution is 2.16. The summed E-state index contributed by atoms with van der Waals surface area (Å²) in [4.78, 5) is 14.8. The highest BCUT2D eigenvalue weighted by molar-refractivity contribution is 7.13. The number of thiazole rings is 1. The second-order valence-electron chi connectivity index (χ2n) is 4.59. The highest BCUT2D eigenvalue weighted by atomic mass is 32.1. The van der Waals surface area contributed by atoms with E-state index in [0.717, 1.165) is 35.9 Å². The largest absolute Gasteiger partial charge is 0.481 e. The molecule has 20 heavy (non-hydrogen) atoms. The fourth-order valence-electron chi connectivity index (χ4n) is 1.84. The Morgan fingerprint density at radius 3 is 3.05 bits per heavy atom. The first kappa shape index (κ1) is 14.5. The summed E-state index contributed by atoms with van der Waals surface area (Å²) >= 11 is 1.52. The Bertz CT molecular complexity index is 564. The van der Waals surface area contributed by atoms with E-state index in [1.807, 2.05) is 18.5 Å². The van der Waals surface area contributed by atoms with E-state index in [1.165, 1.54) is 16.9 Å². The molecule has 0 amide bonds. The van der Waals surface area contributed by atoms with Crippen molar-refractivity contribution in [3.05, 3.63) is 28.5 Å². The van der Waals surface area contributed by atoms with Crippen molar-refractivity contribution in [2.45, 2.75) is 32.6 Å². The Hall–Kier alpha value is -1.89. The molecule has 0 atom stereocenters. The van der Waals surface area contributed by atoms with Gasteiger partial charge in [0.1, 0.15) is 0 Å². The maximum Gasteiger partial charge on any atom is 0.303 e. The number of aryl methyl sites for hydroxylation is 3. The molecule has 2 heterocycles. The number of nitrogens with one attached hydrogen (secondary N) is 2. The van der Waals surface area contributed by atoms with Gasteiger partial charge in [0.25, 0.3) is 0 Å². The fraction of sp³-hybridized carbons (Fsp3) is 0.462. The maximum absolute atomic E-state index is 10.5. The number of hydrogen-bond donors (Lipinski definition) is 3. The van der Waals surface area contributed by atoms with Crippen molar-refractivity contribution in [2.24, 2.45) is 0 Å². The van der Waals surface area contributed by atoms with Crippen molar-refractivity contribution in [1.29, 1.82) is 0 Å². The second-order valence-corrected chi connectivity index (χ2v) is 5.45. The van der Waals surface area contributed by atoms with E-state index < -0.39 is 5.97 Å². The molecule has 108 valence electrons. The van der Waals surface area contributed by atoms with Crippen LogP contribution in [0.15, 0.2) is 11.6 Å². The van der Waals surface area contributed by atoms with Crippen molar-refractivity contribution in [3.8, 4) is 0 Å². The van der Waals surface area contributed by atoms with Gasteiger partial charge in [0.2, 0.25) is 0 Å². The van der Waals surface area contributed by atoms with Crippen molar-refractivity contribution in [3.63, 3.8) is 0 Å². The number of H-pyrrole nitrogens is 1. The lowest BCUT2D eigenvalue weighted by Crippen LogP contribution is -2.03. The van der Waals surface area contributed by atoms with E-state index in [1.54, 1.807) is 0 Å². The second kappa shape index (κ2) is 7.04. The summed E-state index contributed by atoms with van der Waals surface area (Å²) in [5.41, 5.74) is 3.20. The van der Waals surface area contributed by atoms with E-state index in [-0.39, 0.29) is 6.42 Å². The molecule has 7 heteroatoms. The molecule has 0 bridgehead atoms. The van der Waals surface area contributed by atoms with Gasteiger partial charge in [0, 0.05) is 24.0 Å². The fourth-order valence-corrected chi connectivity index (χ4v) is 2.61. The van der Waals surface area contributed by atoms with Gasteiger partial charge >= 0.3 is 5.97 Å². The van der Waals surface area contributed by atoms with E-state index >= 15 is 0 Å². The minimum Gasteiger partial charge on any atom is -0.481 e. The number of rotatable bonds is 8. The quantitative estimate of drug-likeness (QED) is 0.649. The highest BCUT2D eigenvalue weighted by Gasteiger charge is 2.05. The molecule has 2 rings (SSSR count). The van der Waals surface area contributed by atoms with E-state index in [0.29, 0.717) is 6.42 Å². The first-order valence-corrected chi connectivity index (χ1v) is 7.42. The van der Waals surface area contributed by atoms with Gasteiger partial charge in [0.15, 0.2) is 5.13 Å². The van der Waals surface area contributed by atoms with Gasteiger partial charge in [0.05, 0.1) is 18.3 Å². The zero-order chi connectivity index (χ0) is 14.4. The summed E-state index contributed by atoms with van der Waals surface area (Å²) in [6, 6.07) is 0. The molecule has 6 nitrogen and oxygen atoms in total. The summed E-state index contributed by atoms with van der Waals surface area (Å²) in [7, 11) is 0. The van der Waals surface area contributed by atoms with Gasteiger partial charge < -0.3 is 10.4 Å². The van der Waals surface area contributed by atoms with Crippen LogP contribution < -0.4 is 5.32 Å². The van der Waals surface area contributed by atoms with Crippen LogP contribution in [0.5, 0.6) is 0 Å². The third kappa shape index (κ3) is 4.34. The average molecular weight is 294 g/mol. The van der Waals surface area contributed by atoms with E-state index in [4.69, 9.17) is 5.11 Å². The molecule has 0 saturated carbocycles. The molecule has 3 N–H and O–H groups in total. The SMILES string of the molecule is Cc1[nH]ncc1CCCNc1nc(CCC(=O)O)cs1. The topological polar surface area (TPSA) is 90.9 Å². The number of aromatic amines is 1. The van der Waals surface area contributed by atoms with Crippen LogP contribution in [0.3, 0.4) is 0 Å². The van der Waals surface area contributed by atoms with Crippen molar-refractivity contribution < 1.29 is 9.90 Å². The molecule has 0 radical (unpaired) electrons. The molecular weight excluding hydrogens is 276 g/mol. The number of hydrogen-bond acceptors (Lipinski definition) is 5. The van der Waals surface area contributed by atoms with Gasteiger partial charge in [-0.3, -0.25) is 9.89 Å². The Morgan fingerprint density at radius 2 is 2.35 bits per heavy atom. The van der Waals surface area contributed by atoms with Crippen molar-refractivity contribution in [2.75, 3.05) is 11.9 Å². The standard InChI is InChI=1S/C13H18N4O2S/c1-9-10(7-15-17-9)3-2-6-14-13-16-11(8-20-13)4-5-12(18)19/h7-8H,2-6H2,1H3,(H,14,16)(H,15,17)(H,18,19). The third-order valence-corrected chi connectivity index (χ3v) is 3.83. The number of aliphatic carboxylic acids is 1. The number of nitrogens with zero attached hydrogens (tertiary/aromatic N) is 2. The summed E-state index contributed by atoms with van der Waals surface area (Å²) in [6.07, 6.45) is 4.46. The zero-order valence-electron chi connectivity index (χ0n) is 11.3. The Labute approximate surface area is 121 Å².